The number of aliphatic imine (C=N–C) groups is 1. The van der Waals surface area contributed by atoms with Crippen molar-refractivity contribution in [2.24, 2.45) is 10.9 Å². The van der Waals surface area contributed by atoms with E-state index in [2.05, 4.69) is 21.8 Å². The Morgan fingerprint density at radius 1 is 1.29 bits per heavy atom. The Morgan fingerprint density at radius 2 is 1.87 bits per heavy atom. The van der Waals surface area contributed by atoms with Gasteiger partial charge in [-0.15, -0.1) is 0 Å². The van der Waals surface area contributed by atoms with Crippen LogP contribution in [0.25, 0.3) is 0 Å². The van der Waals surface area contributed by atoms with E-state index < -0.39 is 5.67 Å². The quantitative estimate of drug-likeness (QED) is 0.518. The number of anilines is 1. The van der Waals surface area contributed by atoms with Gasteiger partial charge in [0.15, 0.2) is 5.84 Å². The Bertz CT molecular complexity index is 872. The number of alkyl halides is 1. The summed E-state index contributed by atoms with van der Waals surface area (Å²) in [6.07, 6.45) is 3.44. The number of nitrogens with zero attached hydrogens (tertiary/aromatic N) is 4. The fourth-order valence-corrected chi connectivity index (χ4v) is 3.29. The Morgan fingerprint density at radius 3 is 2.39 bits per heavy atom. The molecule has 31 heavy (non-hydrogen) atoms. The average molecular weight is 426 g/mol. The molecule has 0 radical (unpaired) electrons. The van der Waals surface area contributed by atoms with E-state index in [1.54, 1.807) is 30.2 Å². The number of amides is 1. The van der Waals surface area contributed by atoms with Gasteiger partial charge in [-0.25, -0.2) is 9.38 Å². The number of halogens is 1. The van der Waals surface area contributed by atoms with Gasteiger partial charge in [0.25, 0.3) is 0 Å². The molecular formula is C24H32FN5O. The van der Waals surface area contributed by atoms with Gasteiger partial charge in [-0.05, 0) is 37.5 Å². The molecule has 0 aromatic heterocycles. The lowest BCUT2D eigenvalue weighted by Gasteiger charge is -2.36. The highest BCUT2D eigenvalue weighted by molar-refractivity contribution is 6.00. The van der Waals surface area contributed by atoms with Gasteiger partial charge in [-0.3, -0.25) is 4.79 Å². The first-order valence-electron chi connectivity index (χ1n) is 10.5. The number of piperazine rings is 1. The molecule has 0 spiro atoms. The zero-order valence-electron chi connectivity index (χ0n) is 18.9. The molecule has 0 aliphatic carbocycles. The predicted molar refractivity (Wildman–Crippen MR) is 123 cm³/mol. The Hall–Kier alpha value is -3.14. The van der Waals surface area contributed by atoms with Gasteiger partial charge < -0.3 is 15.1 Å². The lowest BCUT2D eigenvalue weighted by atomic mass is 9.87. The molecule has 1 aliphatic heterocycles. The van der Waals surface area contributed by atoms with Crippen molar-refractivity contribution >= 4 is 17.4 Å². The second-order valence-corrected chi connectivity index (χ2v) is 8.05. The highest BCUT2D eigenvalue weighted by atomic mass is 19.1. The molecule has 1 aliphatic rings. The normalized spacial score (nSPS) is 16.9. The number of hydrogen-bond acceptors (Lipinski definition) is 4. The lowest BCUT2D eigenvalue weighted by Crippen LogP contribution is -2.51. The number of benzene rings is 1. The summed E-state index contributed by atoms with van der Waals surface area (Å²) in [5.74, 6) is 0.416. The molecule has 6 nitrogen and oxygen atoms in total. The molecule has 0 bridgehead atoms. The second kappa shape index (κ2) is 10.8. The van der Waals surface area contributed by atoms with Crippen molar-refractivity contribution in [1.82, 2.24) is 9.80 Å². The van der Waals surface area contributed by atoms with Crippen LogP contribution in [0, 0.1) is 17.2 Å². The Balaban J connectivity index is 2.09. The number of carbonyl (C=O) groups excluding carboxylic acids is 1. The number of allylic oxidation sites excluding steroid dienone is 1. The van der Waals surface area contributed by atoms with Crippen LogP contribution in [0.3, 0.4) is 0 Å². The van der Waals surface area contributed by atoms with E-state index in [0.717, 1.165) is 5.69 Å². The zero-order chi connectivity index (χ0) is 23.0. The average Bonchev–Trinajstić information content (AvgIpc) is 2.75. The predicted octanol–water partition coefficient (Wildman–Crippen LogP) is 4.44. The minimum Gasteiger partial charge on any atom is -0.353 e. The van der Waals surface area contributed by atoms with Crippen molar-refractivity contribution in [3.63, 3.8) is 0 Å². The summed E-state index contributed by atoms with van der Waals surface area (Å²) < 4.78 is 14.9. The first-order chi connectivity index (χ1) is 14.7. The van der Waals surface area contributed by atoms with E-state index in [9.17, 15) is 9.18 Å². The van der Waals surface area contributed by atoms with Crippen LogP contribution in [0.2, 0.25) is 0 Å². The van der Waals surface area contributed by atoms with Crippen molar-refractivity contribution in [3.05, 3.63) is 54.4 Å². The van der Waals surface area contributed by atoms with Gasteiger partial charge in [0, 0.05) is 38.1 Å². The molecule has 1 unspecified atom stereocenters. The third kappa shape index (κ3) is 6.17. The number of carbonyl (C=O) groups is 1. The molecule has 0 saturated carbocycles. The van der Waals surface area contributed by atoms with Crippen molar-refractivity contribution in [1.29, 1.82) is 5.26 Å². The van der Waals surface area contributed by atoms with Crippen molar-refractivity contribution in [2.75, 3.05) is 31.5 Å². The van der Waals surface area contributed by atoms with E-state index in [1.165, 1.54) is 0 Å². The molecule has 1 heterocycles. The molecular weight excluding hydrogens is 393 g/mol. The maximum Gasteiger partial charge on any atom is 0.236 e. The van der Waals surface area contributed by atoms with Gasteiger partial charge in [-0.1, -0.05) is 38.6 Å². The first kappa shape index (κ1) is 24.1. The molecule has 1 aromatic rings. The molecule has 1 fully saturated rings. The van der Waals surface area contributed by atoms with Crippen molar-refractivity contribution < 1.29 is 9.18 Å². The Labute approximate surface area is 184 Å². The van der Waals surface area contributed by atoms with Gasteiger partial charge >= 0.3 is 0 Å². The van der Waals surface area contributed by atoms with Crippen molar-refractivity contribution in [2.45, 2.75) is 39.8 Å². The molecule has 7 heteroatoms. The molecule has 2 rings (SSSR count). The van der Waals surface area contributed by atoms with E-state index >= 15 is 0 Å². The van der Waals surface area contributed by atoms with Gasteiger partial charge in [0.1, 0.15) is 12.1 Å². The third-order valence-electron chi connectivity index (χ3n) is 5.61. The number of rotatable bonds is 7. The standard InChI is InChI=1S/C24H32FN5O/c1-6-13-27-23(30-16-14-29(15-17-30)22(31)11-12-26)19(4)28-21-9-7-20(8-10-21)24(5,25)18(2)3/h6-10,13,18,28H,4,11,14-17H2,1-3,5H3/b13-6-,27-23?. The van der Waals surface area contributed by atoms with Crippen LogP contribution >= 0.6 is 0 Å². The zero-order valence-corrected chi connectivity index (χ0v) is 18.9. The maximum atomic E-state index is 14.9. The largest absolute Gasteiger partial charge is 0.353 e. The van der Waals surface area contributed by atoms with Gasteiger partial charge in [0.2, 0.25) is 5.91 Å². The number of nitrogens with one attached hydrogen (secondary N) is 1. The maximum absolute atomic E-state index is 14.9. The Kier molecular flexibility index (Phi) is 8.38. The first-order valence-corrected chi connectivity index (χ1v) is 10.5. The van der Waals surface area contributed by atoms with Crippen molar-refractivity contribution in [3.8, 4) is 6.07 Å². The monoisotopic (exact) mass is 425 g/mol. The molecule has 166 valence electrons. The summed E-state index contributed by atoms with van der Waals surface area (Å²) in [4.78, 5) is 20.2. The second-order valence-electron chi connectivity index (χ2n) is 8.05. The van der Waals surface area contributed by atoms with Crippen LogP contribution < -0.4 is 5.32 Å². The summed E-state index contributed by atoms with van der Waals surface area (Å²) in [7, 11) is 0. The molecule has 1 saturated heterocycles. The topological polar surface area (TPSA) is 71.7 Å². The summed E-state index contributed by atoms with van der Waals surface area (Å²) in [6.45, 7) is 13.6. The fourth-order valence-electron chi connectivity index (χ4n) is 3.29. The minimum absolute atomic E-state index is 0.0987. The van der Waals surface area contributed by atoms with E-state index in [4.69, 9.17) is 5.26 Å². The summed E-state index contributed by atoms with van der Waals surface area (Å²) in [6, 6.07) is 9.16. The number of amidine groups is 1. The molecule has 1 N–H and O–H groups in total. The van der Waals surface area contributed by atoms with Crippen LogP contribution in [-0.2, 0) is 10.5 Å². The van der Waals surface area contributed by atoms with E-state index in [1.807, 2.05) is 45.0 Å². The summed E-state index contributed by atoms with van der Waals surface area (Å²) in [5, 5.41) is 12.0. The van der Waals surface area contributed by atoms with Crippen LogP contribution in [0.4, 0.5) is 10.1 Å². The molecule has 1 aromatic carbocycles. The van der Waals surface area contributed by atoms with Crippen LogP contribution in [0.5, 0.6) is 0 Å². The third-order valence-corrected chi connectivity index (χ3v) is 5.61. The molecule has 1 atom stereocenters. The number of hydrogen-bond donors (Lipinski definition) is 1. The van der Waals surface area contributed by atoms with E-state index in [-0.39, 0.29) is 18.2 Å². The smallest absolute Gasteiger partial charge is 0.236 e. The SMILES string of the molecule is C=C(Nc1ccc(C(C)(F)C(C)C)cc1)C(=N/C=C\C)N1CCN(C(=O)CC#N)CC1. The summed E-state index contributed by atoms with van der Waals surface area (Å²) >= 11 is 0. The van der Waals surface area contributed by atoms with Gasteiger partial charge in [0.05, 0.1) is 11.8 Å². The van der Waals surface area contributed by atoms with Crippen LogP contribution in [-0.4, -0.2) is 47.7 Å². The summed E-state index contributed by atoms with van der Waals surface area (Å²) in [5.41, 5.74) is 0.662. The molecule has 1 amide bonds. The minimum atomic E-state index is -1.39. The highest BCUT2D eigenvalue weighted by Gasteiger charge is 2.30. The highest BCUT2D eigenvalue weighted by Crippen LogP contribution is 2.34. The fraction of sp³-hybridized carbons (Fsp3) is 0.458. The van der Waals surface area contributed by atoms with Gasteiger partial charge in [-0.2, -0.15) is 5.26 Å². The lowest BCUT2D eigenvalue weighted by molar-refractivity contribution is -0.131. The number of nitriles is 1. The van der Waals surface area contributed by atoms with Crippen LogP contribution in [0.1, 0.15) is 39.7 Å². The van der Waals surface area contributed by atoms with Crippen LogP contribution in [0.15, 0.2) is 53.8 Å². The van der Waals surface area contributed by atoms with E-state index in [0.29, 0.717) is 43.3 Å².